The summed E-state index contributed by atoms with van der Waals surface area (Å²) in [6.45, 7) is 1.02. The first-order valence-electron chi connectivity index (χ1n) is 12.9. The lowest BCUT2D eigenvalue weighted by atomic mass is 10.2. The van der Waals surface area contributed by atoms with E-state index in [1.807, 2.05) is 59.2 Å². The van der Waals surface area contributed by atoms with Crippen LogP contribution in [0.2, 0.25) is 0 Å². The second-order valence-corrected chi connectivity index (χ2v) is 10.8. The van der Waals surface area contributed by atoms with E-state index in [4.69, 9.17) is 0 Å². The molecule has 40 heavy (non-hydrogen) atoms. The normalized spacial score (nSPS) is 15.2. The third-order valence-corrected chi connectivity index (χ3v) is 7.78. The number of anilines is 1. The Balaban J connectivity index is 1.20. The van der Waals surface area contributed by atoms with Gasteiger partial charge in [-0.2, -0.15) is 0 Å². The number of para-hydroxylation sites is 1. The summed E-state index contributed by atoms with van der Waals surface area (Å²) in [4.78, 5) is 30.1. The average molecular weight is 601 g/mol. The molecule has 0 spiro atoms. The molecule has 2 amide bonds. The Labute approximate surface area is 238 Å². The topological polar surface area (TPSA) is 76.3 Å². The first kappa shape index (κ1) is 25.9. The Morgan fingerprint density at radius 1 is 1.07 bits per heavy atom. The summed E-state index contributed by atoms with van der Waals surface area (Å²) in [5.74, 6) is -0.579. The summed E-state index contributed by atoms with van der Waals surface area (Å²) in [7, 11) is 1.70. The van der Waals surface area contributed by atoms with E-state index in [1.165, 1.54) is 6.07 Å². The Morgan fingerprint density at radius 2 is 1.82 bits per heavy atom. The Kier molecular flexibility index (Phi) is 6.93. The summed E-state index contributed by atoms with van der Waals surface area (Å²) < 4.78 is 18.9. The quantitative estimate of drug-likeness (QED) is 0.249. The number of nitrogens with zero attached hydrogens (tertiary/aromatic N) is 6. The molecule has 1 unspecified atom stereocenters. The van der Waals surface area contributed by atoms with Gasteiger partial charge in [0.05, 0.1) is 19.3 Å². The maximum absolute atomic E-state index is 14.5. The molecule has 1 fully saturated rings. The van der Waals surface area contributed by atoms with Gasteiger partial charge in [0, 0.05) is 40.2 Å². The zero-order valence-corrected chi connectivity index (χ0v) is 23.3. The van der Waals surface area contributed by atoms with Gasteiger partial charge in [0.2, 0.25) is 0 Å². The van der Waals surface area contributed by atoms with Crippen molar-refractivity contribution in [3.05, 3.63) is 112 Å². The fourth-order valence-corrected chi connectivity index (χ4v) is 5.46. The fraction of sp³-hybridized carbons (Fsp3) is 0.200. The number of halogens is 2. The number of benzene rings is 3. The predicted octanol–water partition coefficient (Wildman–Crippen LogP) is 5.43. The minimum absolute atomic E-state index is 0.0409. The summed E-state index contributed by atoms with van der Waals surface area (Å²) in [6.07, 6.45) is 2.34. The molecule has 0 radical (unpaired) electrons. The van der Waals surface area contributed by atoms with Crippen molar-refractivity contribution in [1.29, 1.82) is 0 Å². The largest absolute Gasteiger partial charge is 0.334 e. The molecule has 0 aliphatic carbocycles. The van der Waals surface area contributed by atoms with Crippen molar-refractivity contribution in [2.24, 2.45) is 0 Å². The van der Waals surface area contributed by atoms with Crippen LogP contribution in [0.4, 0.5) is 10.1 Å². The molecule has 3 aromatic carbocycles. The Morgan fingerprint density at radius 3 is 2.62 bits per heavy atom. The molecule has 2 aromatic heterocycles. The lowest BCUT2D eigenvalue weighted by Gasteiger charge is -2.18. The first-order valence-corrected chi connectivity index (χ1v) is 13.7. The molecule has 1 saturated heterocycles. The van der Waals surface area contributed by atoms with Gasteiger partial charge in [0.15, 0.2) is 0 Å². The average Bonchev–Trinajstić information content (AvgIpc) is 3.67. The molecule has 3 heterocycles. The van der Waals surface area contributed by atoms with Gasteiger partial charge in [-0.1, -0.05) is 57.5 Å². The van der Waals surface area contributed by atoms with Crippen LogP contribution >= 0.6 is 15.9 Å². The molecule has 6 rings (SSSR count). The molecule has 8 nitrogen and oxygen atoms in total. The van der Waals surface area contributed by atoms with E-state index in [-0.39, 0.29) is 30.7 Å². The van der Waals surface area contributed by atoms with E-state index in [9.17, 15) is 14.0 Å². The zero-order chi connectivity index (χ0) is 27.8. The molecule has 5 aromatic rings. The van der Waals surface area contributed by atoms with Crippen LogP contribution in [0.25, 0.3) is 10.9 Å². The van der Waals surface area contributed by atoms with Crippen LogP contribution in [0.15, 0.2) is 89.5 Å². The number of hydrogen-bond acceptors (Lipinski definition) is 4. The zero-order valence-electron chi connectivity index (χ0n) is 21.7. The number of hydrogen-bond donors (Lipinski definition) is 0. The molecular weight excluding hydrogens is 575 g/mol. The number of aromatic nitrogens is 4. The first-order chi connectivity index (χ1) is 19.4. The lowest BCUT2D eigenvalue weighted by molar-refractivity contribution is -0.120. The van der Waals surface area contributed by atoms with Crippen molar-refractivity contribution < 1.29 is 14.0 Å². The minimum atomic E-state index is -0.450. The number of amides is 2. The van der Waals surface area contributed by atoms with Gasteiger partial charge in [-0.3, -0.25) is 9.59 Å². The van der Waals surface area contributed by atoms with Crippen molar-refractivity contribution >= 4 is 44.3 Å². The molecular formula is C30H26BrFN6O2. The lowest BCUT2D eigenvalue weighted by Crippen LogP contribution is -2.29. The van der Waals surface area contributed by atoms with Crippen LogP contribution < -0.4 is 4.90 Å². The summed E-state index contributed by atoms with van der Waals surface area (Å²) >= 11 is 3.43. The number of carbonyl (C=O) groups is 2. The maximum atomic E-state index is 14.5. The van der Waals surface area contributed by atoms with Crippen LogP contribution in [-0.2, 0) is 17.9 Å². The van der Waals surface area contributed by atoms with Crippen LogP contribution in [0.1, 0.15) is 34.2 Å². The molecule has 10 heteroatoms. The second-order valence-electron chi connectivity index (χ2n) is 9.89. The molecule has 202 valence electrons. The standard InChI is InChI=1S/C30H26BrFN6O2/c1-35(18-23-19-38(34-33-23)27-14-15-36(30(27)40)24-12-10-22(31)11-13-24)29(39)28-16-20-6-3-5-9-26(20)37(28)17-21-7-2-4-8-25(21)32/h2-13,16,19,27H,14-15,17-18H2,1H3. The SMILES string of the molecule is CN(Cc1cn(C2CCN(c3ccc(Br)cc3)C2=O)nn1)C(=O)c1cc2ccccc2n1Cc1ccccc1F. The van der Waals surface area contributed by atoms with Crippen LogP contribution in [-0.4, -0.2) is 49.9 Å². The van der Waals surface area contributed by atoms with Crippen molar-refractivity contribution in [3.8, 4) is 0 Å². The van der Waals surface area contributed by atoms with Gasteiger partial charge in [0.1, 0.15) is 23.2 Å². The highest BCUT2D eigenvalue weighted by Gasteiger charge is 2.35. The van der Waals surface area contributed by atoms with Gasteiger partial charge in [-0.05, 0) is 48.9 Å². The summed E-state index contributed by atoms with van der Waals surface area (Å²) in [5, 5.41) is 9.37. The molecule has 1 atom stereocenters. The van der Waals surface area contributed by atoms with Crippen molar-refractivity contribution in [1.82, 2.24) is 24.5 Å². The monoisotopic (exact) mass is 600 g/mol. The highest BCUT2D eigenvalue weighted by Crippen LogP contribution is 2.29. The molecule has 0 saturated carbocycles. The van der Waals surface area contributed by atoms with Gasteiger partial charge in [0.25, 0.3) is 11.8 Å². The third kappa shape index (κ3) is 4.90. The highest BCUT2D eigenvalue weighted by atomic mass is 79.9. The van der Waals surface area contributed by atoms with E-state index in [0.29, 0.717) is 29.9 Å². The van der Waals surface area contributed by atoms with E-state index in [0.717, 1.165) is 21.1 Å². The van der Waals surface area contributed by atoms with Gasteiger partial charge < -0.3 is 14.4 Å². The van der Waals surface area contributed by atoms with Crippen molar-refractivity contribution in [2.45, 2.75) is 25.6 Å². The number of rotatable bonds is 7. The van der Waals surface area contributed by atoms with E-state index < -0.39 is 6.04 Å². The fourth-order valence-electron chi connectivity index (χ4n) is 5.19. The summed E-state index contributed by atoms with van der Waals surface area (Å²) in [6, 6.07) is 23.3. The van der Waals surface area contributed by atoms with Gasteiger partial charge in [-0.15, -0.1) is 5.10 Å². The smallest absolute Gasteiger partial charge is 0.270 e. The van der Waals surface area contributed by atoms with Crippen LogP contribution in [0, 0.1) is 5.82 Å². The number of carbonyl (C=O) groups excluding carboxylic acids is 2. The third-order valence-electron chi connectivity index (χ3n) is 7.25. The van der Waals surface area contributed by atoms with Gasteiger partial charge >= 0.3 is 0 Å². The molecule has 0 N–H and O–H groups in total. The number of fused-ring (bicyclic) bond motifs is 1. The predicted molar refractivity (Wildman–Crippen MR) is 153 cm³/mol. The molecule has 0 bridgehead atoms. The van der Waals surface area contributed by atoms with E-state index in [2.05, 4.69) is 26.2 Å². The summed E-state index contributed by atoms with van der Waals surface area (Å²) in [5.41, 5.74) is 3.22. The van der Waals surface area contributed by atoms with Crippen molar-refractivity contribution in [3.63, 3.8) is 0 Å². The molecule has 1 aliphatic heterocycles. The van der Waals surface area contributed by atoms with Crippen LogP contribution in [0.5, 0.6) is 0 Å². The molecule has 1 aliphatic rings. The van der Waals surface area contributed by atoms with E-state index >= 15 is 0 Å². The van der Waals surface area contributed by atoms with E-state index in [1.54, 1.807) is 45.9 Å². The minimum Gasteiger partial charge on any atom is -0.334 e. The van der Waals surface area contributed by atoms with Crippen molar-refractivity contribution in [2.75, 3.05) is 18.5 Å². The van der Waals surface area contributed by atoms with Crippen LogP contribution in [0.3, 0.4) is 0 Å². The second kappa shape index (κ2) is 10.7. The van der Waals surface area contributed by atoms with Gasteiger partial charge in [-0.25, -0.2) is 9.07 Å². The maximum Gasteiger partial charge on any atom is 0.270 e. The highest BCUT2D eigenvalue weighted by molar-refractivity contribution is 9.10. The Bertz CT molecular complexity index is 1710. The Hall–Kier alpha value is -4.31.